The summed E-state index contributed by atoms with van der Waals surface area (Å²) in [6, 6.07) is 14.6. The van der Waals surface area contributed by atoms with Gasteiger partial charge in [0.05, 0.1) is 36.5 Å². The number of aromatic nitrogens is 2. The molecule has 172 valence electrons. The van der Waals surface area contributed by atoms with Crippen LogP contribution in [0.5, 0.6) is 5.75 Å². The van der Waals surface area contributed by atoms with Crippen LogP contribution in [0.25, 0.3) is 11.3 Å². The van der Waals surface area contributed by atoms with Crippen LogP contribution in [-0.4, -0.2) is 41.3 Å². The fraction of sp³-hybridized carbons (Fsp3) is 0.320. The molecule has 1 atom stereocenters. The molecule has 8 nitrogen and oxygen atoms in total. The number of nitrogens with two attached hydrogens (primary N) is 1. The van der Waals surface area contributed by atoms with Crippen molar-refractivity contribution < 1.29 is 19.1 Å². The number of hydrogen-bond acceptors (Lipinski definition) is 6. The van der Waals surface area contributed by atoms with Gasteiger partial charge in [0.25, 0.3) is 5.91 Å². The highest BCUT2D eigenvalue weighted by atomic mass is 16.5. The standard InChI is InChI=1S/C25H28N4O4/c1-25(2)12-18(15-33-25)29-23(26)20(14-30)22(28-29)17-10-8-16(9-11-17)13-27-24(31)19-6-4-5-7-21(19)32-3/h4-11,14,18H,12-13,15,26H2,1-3H3,(H,27,31). The van der Waals surface area contributed by atoms with Gasteiger partial charge >= 0.3 is 0 Å². The number of methoxy groups -OCH3 is 1. The van der Waals surface area contributed by atoms with E-state index >= 15 is 0 Å². The maximum absolute atomic E-state index is 12.5. The first kappa shape index (κ1) is 22.5. The summed E-state index contributed by atoms with van der Waals surface area (Å²) in [5.41, 5.74) is 9.09. The van der Waals surface area contributed by atoms with Crippen LogP contribution in [-0.2, 0) is 11.3 Å². The van der Waals surface area contributed by atoms with Crippen molar-refractivity contribution in [1.29, 1.82) is 0 Å². The van der Waals surface area contributed by atoms with Crippen LogP contribution in [0.1, 0.15) is 52.6 Å². The van der Waals surface area contributed by atoms with Crippen LogP contribution in [0.3, 0.4) is 0 Å². The molecule has 1 aromatic heterocycles. The van der Waals surface area contributed by atoms with Crippen molar-refractivity contribution in [2.45, 2.75) is 38.5 Å². The Hall–Kier alpha value is -3.65. The summed E-state index contributed by atoms with van der Waals surface area (Å²) in [7, 11) is 1.53. The van der Waals surface area contributed by atoms with Crippen molar-refractivity contribution in [3.63, 3.8) is 0 Å². The number of benzene rings is 2. The molecule has 0 bridgehead atoms. The minimum absolute atomic E-state index is 0.0167. The van der Waals surface area contributed by atoms with E-state index in [2.05, 4.69) is 10.4 Å². The van der Waals surface area contributed by atoms with Gasteiger partial charge in [-0.2, -0.15) is 5.10 Å². The summed E-state index contributed by atoms with van der Waals surface area (Å²) in [5, 5.41) is 7.56. The Bertz CT molecular complexity index is 1170. The van der Waals surface area contributed by atoms with Crippen LogP contribution in [0, 0.1) is 0 Å². The molecule has 3 aromatic rings. The normalized spacial score (nSPS) is 17.0. The fourth-order valence-electron chi connectivity index (χ4n) is 4.12. The molecule has 1 fully saturated rings. The average Bonchev–Trinajstić information content (AvgIpc) is 3.35. The van der Waals surface area contributed by atoms with Crippen molar-refractivity contribution in [3.05, 3.63) is 65.2 Å². The number of para-hydroxylation sites is 1. The predicted octanol–water partition coefficient (Wildman–Crippen LogP) is 3.62. The number of anilines is 1. The second-order valence-electron chi connectivity index (χ2n) is 8.72. The SMILES string of the molecule is COc1ccccc1C(=O)NCc1ccc(-c2nn(C3COC(C)(C)C3)c(N)c2C=O)cc1. The topological polar surface area (TPSA) is 108 Å². The number of carbonyl (C=O) groups is 2. The van der Waals surface area contributed by atoms with Crippen molar-refractivity contribution in [2.24, 2.45) is 0 Å². The van der Waals surface area contributed by atoms with E-state index in [1.54, 1.807) is 22.9 Å². The number of hydrogen-bond donors (Lipinski definition) is 2. The van der Waals surface area contributed by atoms with E-state index in [0.717, 1.165) is 23.8 Å². The van der Waals surface area contributed by atoms with E-state index in [1.807, 2.05) is 44.2 Å². The third-order valence-electron chi connectivity index (χ3n) is 5.88. The van der Waals surface area contributed by atoms with Gasteiger partial charge in [-0.1, -0.05) is 36.4 Å². The number of nitrogen functional groups attached to an aromatic ring is 1. The second kappa shape index (κ2) is 9.07. The highest BCUT2D eigenvalue weighted by molar-refractivity contribution is 5.97. The monoisotopic (exact) mass is 448 g/mol. The third kappa shape index (κ3) is 4.61. The van der Waals surface area contributed by atoms with E-state index in [1.165, 1.54) is 7.11 Å². The number of ether oxygens (including phenoxy) is 2. The van der Waals surface area contributed by atoms with Crippen molar-refractivity contribution >= 4 is 18.0 Å². The summed E-state index contributed by atoms with van der Waals surface area (Å²) in [5.74, 6) is 0.656. The Morgan fingerprint density at radius 1 is 1.27 bits per heavy atom. The van der Waals surface area contributed by atoms with Gasteiger partial charge in [-0.25, -0.2) is 4.68 Å². The molecule has 1 aliphatic heterocycles. The number of nitrogens with zero attached hydrogens (tertiary/aromatic N) is 2. The van der Waals surface area contributed by atoms with Gasteiger partial charge in [0.1, 0.15) is 17.3 Å². The summed E-state index contributed by atoms with van der Waals surface area (Å²) >= 11 is 0. The molecule has 2 heterocycles. The molecule has 2 aromatic carbocycles. The third-order valence-corrected chi connectivity index (χ3v) is 5.88. The maximum Gasteiger partial charge on any atom is 0.255 e. The van der Waals surface area contributed by atoms with Crippen LogP contribution >= 0.6 is 0 Å². The van der Waals surface area contributed by atoms with E-state index in [9.17, 15) is 9.59 Å². The first-order chi connectivity index (χ1) is 15.8. The van der Waals surface area contributed by atoms with Gasteiger partial charge in [0.2, 0.25) is 0 Å². The van der Waals surface area contributed by atoms with E-state index < -0.39 is 0 Å². The molecule has 1 unspecified atom stereocenters. The Kier molecular flexibility index (Phi) is 6.20. The molecule has 0 spiro atoms. The minimum atomic E-state index is -0.250. The molecule has 4 rings (SSSR count). The van der Waals surface area contributed by atoms with Gasteiger partial charge in [-0.3, -0.25) is 9.59 Å². The van der Waals surface area contributed by atoms with Crippen LogP contribution < -0.4 is 15.8 Å². The van der Waals surface area contributed by atoms with E-state index in [0.29, 0.717) is 41.5 Å². The fourth-order valence-corrected chi connectivity index (χ4v) is 4.12. The zero-order chi connectivity index (χ0) is 23.6. The highest BCUT2D eigenvalue weighted by Gasteiger charge is 2.35. The largest absolute Gasteiger partial charge is 0.496 e. The second-order valence-corrected chi connectivity index (χ2v) is 8.72. The van der Waals surface area contributed by atoms with Crippen molar-refractivity contribution in [2.75, 3.05) is 19.5 Å². The molecular formula is C25H28N4O4. The Labute approximate surface area is 192 Å². The smallest absolute Gasteiger partial charge is 0.255 e. The Morgan fingerprint density at radius 3 is 2.64 bits per heavy atom. The van der Waals surface area contributed by atoms with Crippen molar-refractivity contribution in [1.82, 2.24) is 15.1 Å². The summed E-state index contributed by atoms with van der Waals surface area (Å²) in [6.07, 6.45) is 1.51. The molecule has 8 heteroatoms. The van der Waals surface area contributed by atoms with Gasteiger partial charge in [0, 0.05) is 18.5 Å². The molecule has 1 amide bonds. The quantitative estimate of drug-likeness (QED) is 0.535. The number of rotatable bonds is 7. The molecule has 3 N–H and O–H groups in total. The molecule has 0 radical (unpaired) electrons. The molecule has 0 aliphatic carbocycles. The first-order valence-electron chi connectivity index (χ1n) is 10.8. The van der Waals surface area contributed by atoms with Gasteiger partial charge in [-0.05, 0) is 31.5 Å². The first-order valence-corrected chi connectivity index (χ1v) is 10.8. The van der Waals surface area contributed by atoms with Gasteiger partial charge < -0.3 is 20.5 Å². The summed E-state index contributed by atoms with van der Waals surface area (Å²) in [6.45, 7) is 4.91. The maximum atomic E-state index is 12.5. The lowest BCUT2D eigenvalue weighted by Gasteiger charge is -2.16. The molecular weight excluding hydrogens is 420 g/mol. The van der Waals surface area contributed by atoms with Gasteiger partial charge in [-0.15, -0.1) is 0 Å². The number of nitrogens with one attached hydrogen (secondary N) is 1. The molecule has 0 saturated carbocycles. The van der Waals surface area contributed by atoms with E-state index in [-0.39, 0.29) is 17.6 Å². The highest BCUT2D eigenvalue weighted by Crippen LogP contribution is 2.36. The zero-order valence-electron chi connectivity index (χ0n) is 19.0. The van der Waals surface area contributed by atoms with Crippen molar-refractivity contribution in [3.8, 4) is 17.0 Å². The Balaban J connectivity index is 1.50. The predicted molar refractivity (Wildman–Crippen MR) is 125 cm³/mol. The lowest BCUT2D eigenvalue weighted by atomic mass is 10.0. The van der Waals surface area contributed by atoms with Gasteiger partial charge in [0.15, 0.2) is 6.29 Å². The molecule has 1 saturated heterocycles. The van der Waals surface area contributed by atoms with E-state index in [4.69, 9.17) is 15.2 Å². The number of aldehydes is 1. The summed E-state index contributed by atoms with van der Waals surface area (Å²) < 4.78 is 12.8. The summed E-state index contributed by atoms with van der Waals surface area (Å²) in [4.78, 5) is 24.3. The van der Waals surface area contributed by atoms with Crippen LogP contribution in [0.15, 0.2) is 48.5 Å². The lowest BCUT2D eigenvalue weighted by Crippen LogP contribution is -2.23. The van der Waals surface area contributed by atoms with Crippen LogP contribution in [0.4, 0.5) is 5.82 Å². The Morgan fingerprint density at radius 2 is 2.00 bits per heavy atom. The number of carbonyl (C=O) groups excluding carboxylic acids is 2. The lowest BCUT2D eigenvalue weighted by molar-refractivity contribution is 0.0351. The van der Waals surface area contributed by atoms with Crippen LogP contribution in [0.2, 0.25) is 0 Å². The zero-order valence-corrected chi connectivity index (χ0v) is 19.0. The minimum Gasteiger partial charge on any atom is -0.496 e. The molecule has 1 aliphatic rings. The average molecular weight is 449 g/mol. The molecule has 33 heavy (non-hydrogen) atoms. The number of amides is 1.